The first kappa shape index (κ1) is 15.3. The number of hydrogen-bond donors (Lipinski definition) is 0. The molecule has 0 saturated heterocycles. The fraction of sp³-hybridized carbons (Fsp3) is 0.438. The molecule has 0 saturated carbocycles. The molecule has 0 spiro atoms. The Morgan fingerprint density at radius 1 is 1.37 bits per heavy atom. The van der Waals surface area contributed by atoms with E-state index in [-0.39, 0.29) is 11.3 Å². The SMILES string of the molecule is C=CC(=O)N(C)CCOc1ccccc1C(C)(C)C. The van der Waals surface area contributed by atoms with Crippen molar-refractivity contribution in [3.05, 3.63) is 42.5 Å². The number of amides is 1. The standard InChI is InChI=1S/C16H23NO2/c1-6-15(18)17(5)11-12-19-14-10-8-7-9-13(14)16(2,3)4/h6-10H,1,11-12H2,2-5H3. The van der Waals surface area contributed by atoms with E-state index in [9.17, 15) is 4.79 Å². The number of carbonyl (C=O) groups excluding carboxylic acids is 1. The molecular weight excluding hydrogens is 238 g/mol. The molecule has 1 aromatic carbocycles. The van der Waals surface area contributed by atoms with Crippen LogP contribution in [0, 0.1) is 0 Å². The summed E-state index contributed by atoms with van der Waals surface area (Å²) in [6.07, 6.45) is 1.31. The molecule has 3 nitrogen and oxygen atoms in total. The number of carbonyl (C=O) groups is 1. The lowest BCUT2D eigenvalue weighted by atomic mass is 9.86. The van der Waals surface area contributed by atoms with Crippen molar-refractivity contribution in [3.8, 4) is 5.75 Å². The molecule has 0 aromatic heterocycles. The van der Waals surface area contributed by atoms with Gasteiger partial charge in [-0.05, 0) is 23.1 Å². The summed E-state index contributed by atoms with van der Waals surface area (Å²) in [4.78, 5) is 12.9. The van der Waals surface area contributed by atoms with Gasteiger partial charge >= 0.3 is 0 Å². The van der Waals surface area contributed by atoms with E-state index >= 15 is 0 Å². The van der Waals surface area contributed by atoms with Crippen LogP contribution in [0.5, 0.6) is 5.75 Å². The van der Waals surface area contributed by atoms with E-state index < -0.39 is 0 Å². The summed E-state index contributed by atoms with van der Waals surface area (Å²) in [7, 11) is 1.74. The van der Waals surface area contributed by atoms with Crippen LogP contribution in [0.3, 0.4) is 0 Å². The van der Waals surface area contributed by atoms with Gasteiger partial charge in [0, 0.05) is 7.05 Å². The largest absolute Gasteiger partial charge is 0.491 e. The zero-order valence-electron chi connectivity index (χ0n) is 12.3. The van der Waals surface area contributed by atoms with Gasteiger partial charge in [0.25, 0.3) is 0 Å². The molecular formula is C16H23NO2. The highest BCUT2D eigenvalue weighted by molar-refractivity contribution is 5.86. The van der Waals surface area contributed by atoms with Gasteiger partial charge in [0.2, 0.25) is 5.91 Å². The van der Waals surface area contributed by atoms with E-state index in [0.29, 0.717) is 13.2 Å². The molecule has 0 aliphatic rings. The molecule has 0 bridgehead atoms. The van der Waals surface area contributed by atoms with Crippen LogP contribution in [0.25, 0.3) is 0 Å². The summed E-state index contributed by atoms with van der Waals surface area (Å²) in [5.41, 5.74) is 1.21. The van der Waals surface area contributed by atoms with Crippen LogP contribution in [-0.2, 0) is 10.2 Å². The maximum atomic E-state index is 11.3. The monoisotopic (exact) mass is 261 g/mol. The number of likely N-dealkylation sites (N-methyl/N-ethyl adjacent to an activating group) is 1. The summed E-state index contributed by atoms with van der Waals surface area (Å²) in [6.45, 7) is 10.9. The van der Waals surface area contributed by atoms with Crippen molar-refractivity contribution in [1.82, 2.24) is 4.90 Å². The van der Waals surface area contributed by atoms with Gasteiger partial charge in [0.05, 0.1) is 6.54 Å². The third kappa shape index (κ3) is 4.43. The molecule has 0 aliphatic carbocycles. The quantitative estimate of drug-likeness (QED) is 0.763. The van der Waals surface area contributed by atoms with Gasteiger partial charge in [0.15, 0.2) is 0 Å². The van der Waals surface area contributed by atoms with Crippen molar-refractivity contribution in [1.29, 1.82) is 0 Å². The Bertz CT molecular complexity index is 446. The van der Waals surface area contributed by atoms with Crippen LogP contribution in [0.1, 0.15) is 26.3 Å². The molecule has 0 unspecified atom stereocenters. The zero-order valence-corrected chi connectivity index (χ0v) is 12.3. The summed E-state index contributed by atoms with van der Waals surface area (Å²) in [5.74, 6) is 0.794. The van der Waals surface area contributed by atoms with Gasteiger partial charge < -0.3 is 9.64 Å². The average molecular weight is 261 g/mol. The van der Waals surface area contributed by atoms with Crippen molar-refractivity contribution >= 4 is 5.91 Å². The number of nitrogens with zero attached hydrogens (tertiary/aromatic N) is 1. The molecule has 104 valence electrons. The van der Waals surface area contributed by atoms with Crippen LogP contribution >= 0.6 is 0 Å². The Labute approximate surface area is 115 Å². The predicted molar refractivity (Wildman–Crippen MR) is 78.5 cm³/mol. The molecule has 0 atom stereocenters. The number of benzene rings is 1. The first-order chi connectivity index (χ1) is 8.86. The van der Waals surface area contributed by atoms with Crippen molar-refractivity contribution in [2.75, 3.05) is 20.2 Å². The zero-order chi connectivity index (χ0) is 14.5. The average Bonchev–Trinajstić information content (AvgIpc) is 2.37. The van der Waals surface area contributed by atoms with Crippen LogP contribution < -0.4 is 4.74 Å². The minimum Gasteiger partial charge on any atom is -0.491 e. The molecule has 0 radical (unpaired) electrons. The Morgan fingerprint density at radius 3 is 2.58 bits per heavy atom. The fourth-order valence-corrected chi connectivity index (χ4v) is 1.77. The summed E-state index contributed by atoms with van der Waals surface area (Å²) >= 11 is 0. The summed E-state index contributed by atoms with van der Waals surface area (Å²) in [5, 5.41) is 0. The number of para-hydroxylation sites is 1. The second-order valence-electron chi connectivity index (χ2n) is 5.56. The summed E-state index contributed by atoms with van der Waals surface area (Å²) < 4.78 is 5.80. The minimum absolute atomic E-state index is 0.0411. The van der Waals surface area contributed by atoms with E-state index in [2.05, 4.69) is 33.4 Å². The molecule has 1 amide bonds. The van der Waals surface area contributed by atoms with Crippen molar-refractivity contribution in [2.45, 2.75) is 26.2 Å². The number of ether oxygens (including phenoxy) is 1. The normalized spacial score (nSPS) is 10.9. The molecule has 1 aromatic rings. The predicted octanol–water partition coefficient (Wildman–Crippen LogP) is 3.01. The molecule has 19 heavy (non-hydrogen) atoms. The van der Waals surface area contributed by atoms with Gasteiger partial charge in [-0.1, -0.05) is 45.5 Å². The Balaban J connectivity index is 2.64. The molecule has 1 rings (SSSR count). The third-order valence-corrected chi connectivity index (χ3v) is 2.93. The number of rotatable bonds is 5. The smallest absolute Gasteiger partial charge is 0.245 e. The second kappa shape index (κ2) is 6.41. The van der Waals surface area contributed by atoms with E-state index in [1.807, 2.05) is 18.2 Å². The first-order valence-electron chi connectivity index (χ1n) is 6.46. The Kier molecular flexibility index (Phi) is 5.16. The highest BCUT2D eigenvalue weighted by Crippen LogP contribution is 2.30. The lowest BCUT2D eigenvalue weighted by Gasteiger charge is -2.23. The topological polar surface area (TPSA) is 29.5 Å². The molecule has 3 heteroatoms. The van der Waals surface area contributed by atoms with Crippen LogP contribution in [-0.4, -0.2) is 31.0 Å². The number of hydrogen-bond acceptors (Lipinski definition) is 2. The maximum Gasteiger partial charge on any atom is 0.245 e. The van der Waals surface area contributed by atoms with Crippen molar-refractivity contribution in [3.63, 3.8) is 0 Å². The van der Waals surface area contributed by atoms with Gasteiger partial charge in [-0.15, -0.1) is 0 Å². The Morgan fingerprint density at radius 2 is 2.00 bits per heavy atom. The summed E-state index contributed by atoms with van der Waals surface area (Å²) in [6, 6.07) is 8.02. The molecule has 0 fully saturated rings. The Hall–Kier alpha value is -1.77. The lowest BCUT2D eigenvalue weighted by molar-refractivity contribution is -0.125. The second-order valence-corrected chi connectivity index (χ2v) is 5.56. The van der Waals surface area contributed by atoms with E-state index in [4.69, 9.17) is 4.74 Å². The van der Waals surface area contributed by atoms with Crippen LogP contribution in [0.4, 0.5) is 0 Å². The first-order valence-corrected chi connectivity index (χ1v) is 6.46. The maximum absolute atomic E-state index is 11.3. The van der Waals surface area contributed by atoms with Crippen molar-refractivity contribution < 1.29 is 9.53 Å². The van der Waals surface area contributed by atoms with E-state index in [1.165, 1.54) is 11.6 Å². The highest BCUT2D eigenvalue weighted by atomic mass is 16.5. The van der Waals surface area contributed by atoms with Gasteiger partial charge in [-0.2, -0.15) is 0 Å². The van der Waals surface area contributed by atoms with Gasteiger partial charge in [-0.25, -0.2) is 0 Å². The minimum atomic E-state index is -0.0901. The molecule has 0 heterocycles. The van der Waals surface area contributed by atoms with Crippen LogP contribution in [0.2, 0.25) is 0 Å². The molecule has 0 N–H and O–H groups in total. The molecule has 0 aliphatic heterocycles. The lowest BCUT2D eigenvalue weighted by Crippen LogP contribution is -2.29. The van der Waals surface area contributed by atoms with E-state index in [1.54, 1.807) is 11.9 Å². The third-order valence-electron chi connectivity index (χ3n) is 2.93. The highest BCUT2D eigenvalue weighted by Gasteiger charge is 2.18. The van der Waals surface area contributed by atoms with Gasteiger partial charge in [-0.3, -0.25) is 4.79 Å². The van der Waals surface area contributed by atoms with Crippen LogP contribution in [0.15, 0.2) is 36.9 Å². The fourth-order valence-electron chi connectivity index (χ4n) is 1.77. The van der Waals surface area contributed by atoms with Crippen molar-refractivity contribution in [2.24, 2.45) is 0 Å². The van der Waals surface area contributed by atoms with E-state index in [0.717, 1.165) is 5.75 Å². The van der Waals surface area contributed by atoms with Gasteiger partial charge in [0.1, 0.15) is 12.4 Å².